The molecular formula is C9H12BNO3. The number of imide groups is 1. The molecule has 2 unspecified atom stereocenters. The topological polar surface area (TPSA) is 54.5 Å². The van der Waals surface area contributed by atoms with Crippen LogP contribution in [-0.2, 0) is 14.4 Å². The highest BCUT2D eigenvalue weighted by atomic mass is 16.2. The van der Waals surface area contributed by atoms with Crippen LogP contribution in [0.1, 0.15) is 13.8 Å². The van der Waals surface area contributed by atoms with Gasteiger partial charge in [0.25, 0.3) is 11.8 Å². The van der Waals surface area contributed by atoms with Gasteiger partial charge < -0.3 is 4.79 Å². The number of rotatable bonds is 3. The second-order valence-corrected chi connectivity index (χ2v) is 3.52. The lowest BCUT2D eigenvalue weighted by Crippen LogP contribution is -2.44. The third kappa shape index (κ3) is 1.76. The van der Waals surface area contributed by atoms with Gasteiger partial charge in [-0.15, -0.1) is 0 Å². The number of nitrogens with zero attached hydrogens (tertiary/aromatic N) is 1. The first-order valence-corrected chi connectivity index (χ1v) is 4.51. The molecule has 2 amide bonds. The van der Waals surface area contributed by atoms with E-state index in [1.54, 1.807) is 13.8 Å². The van der Waals surface area contributed by atoms with Gasteiger partial charge >= 0.3 is 0 Å². The SMILES string of the molecule is BC(=O)C(C)C(C)N1C(=O)C=CC1=O. The molecule has 5 heteroatoms. The Bertz CT molecular complexity index is 306. The molecule has 0 saturated carbocycles. The minimum absolute atomic E-state index is 0.0231. The lowest BCUT2D eigenvalue weighted by Gasteiger charge is -2.26. The summed E-state index contributed by atoms with van der Waals surface area (Å²) in [5.41, 5.74) is -0.0231. The fourth-order valence-electron chi connectivity index (χ4n) is 1.38. The van der Waals surface area contributed by atoms with Crippen molar-refractivity contribution >= 4 is 25.3 Å². The highest BCUT2D eigenvalue weighted by Crippen LogP contribution is 2.15. The van der Waals surface area contributed by atoms with Crippen molar-refractivity contribution in [2.75, 3.05) is 0 Å². The second kappa shape index (κ2) is 3.78. The van der Waals surface area contributed by atoms with Crippen LogP contribution in [0.5, 0.6) is 0 Å². The molecule has 0 spiro atoms. The van der Waals surface area contributed by atoms with Gasteiger partial charge in [-0.05, 0) is 6.92 Å². The smallest absolute Gasteiger partial charge is 0.253 e. The first-order chi connectivity index (χ1) is 6.45. The molecule has 0 bridgehead atoms. The van der Waals surface area contributed by atoms with Gasteiger partial charge in [-0.3, -0.25) is 14.5 Å². The molecule has 1 heterocycles. The largest absolute Gasteiger partial charge is 0.312 e. The Morgan fingerprint density at radius 2 is 1.71 bits per heavy atom. The summed E-state index contributed by atoms with van der Waals surface area (Å²) in [5, 5.41) is 0. The quantitative estimate of drug-likeness (QED) is 0.431. The zero-order chi connectivity index (χ0) is 10.9. The molecule has 0 radical (unpaired) electrons. The van der Waals surface area contributed by atoms with Gasteiger partial charge in [-0.2, -0.15) is 0 Å². The highest BCUT2D eigenvalue weighted by Gasteiger charge is 2.32. The molecule has 0 saturated heterocycles. The monoisotopic (exact) mass is 193 g/mol. The van der Waals surface area contributed by atoms with Gasteiger partial charge in [0.1, 0.15) is 0 Å². The minimum atomic E-state index is -0.373. The molecule has 0 fully saturated rings. The number of carbonyl (C=O) groups is 3. The number of hydrogen-bond acceptors (Lipinski definition) is 3. The van der Waals surface area contributed by atoms with Crippen LogP contribution >= 0.6 is 0 Å². The van der Waals surface area contributed by atoms with Crippen molar-refractivity contribution in [3.8, 4) is 0 Å². The van der Waals surface area contributed by atoms with Gasteiger partial charge in [-0.1, -0.05) is 6.92 Å². The third-order valence-corrected chi connectivity index (χ3v) is 2.62. The van der Waals surface area contributed by atoms with E-state index < -0.39 is 0 Å². The Hall–Kier alpha value is -1.39. The van der Waals surface area contributed by atoms with E-state index in [1.165, 1.54) is 20.0 Å². The van der Waals surface area contributed by atoms with E-state index in [9.17, 15) is 14.4 Å². The average Bonchev–Trinajstić information content (AvgIpc) is 2.44. The van der Waals surface area contributed by atoms with E-state index in [-0.39, 0.29) is 29.5 Å². The summed E-state index contributed by atoms with van der Waals surface area (Å²) in [6, 6.07) is -0.373. The first kappa shape index (κ1) is 10.7. The van der Waals surface area contributed by atoms with E-state index in [0.29, 0.717) is 0 Å². The van der Waals surface area contributed by atoms with Crippen LogP contribution in [0.3, 0.4) is 0 Å². The van der Waals surface area contributed by atoms with Crippen molar-refractivity contribution in [3.63, 3.8) is 0 Å². The maximum atomic E-state index is 11.3. The maximum absolute atomic E-state index is 11.3. The van der Waals surface area contributed by atoms with Crippen molar-refractivity contribution in [3.05, 3.63) is 12.2 Å². The minimum Gasteiger partial charge on any atom is -0.312 e. The number of carbonyl (C=O) groups excluding carboxylic acids is 3. The Labute approximate surface area is 83.4 Å². The summed E-state index contributed by atoms with van der Waals surface area (Å²) < 4.78 is 0. The lowest BCUT2D eigenvalue weighted by molar-refractivity contribution is -0.140. The zero-order valence-corrected chi connectivity index (χ0v) is 8.48. The van der Waals surface area contributed by atoms with Crippen molar-refractivity contribution < 1.29 is 14.4 Å². The van der Waals surface area contributed by atoms with Crippen LogP contribution in [0.25, 0.3) is 0 Å². The molecule has 4 nitrogen and oxygen atoms in total. The van der Waals surface area contributed by atoms with E-state index in [4.69, 9.17) is 0 Å². The Kier molecular flexibility index (Phi) is 2.89. The fourth-order valence-corrected chi connectivity index (χ4v) is 1.38. The normalized spacial score (nSPS) is 20.0. The van der Waals surface area contributed by atoms with Crippen molar-refractivity contribution in [1.82, 2.24) is 4.90 Å². The summed E-state index contributed by atoms with van der Waals surface area (Å²) in [5.74, 6) is -0.992. The standard InChI is InChI=1S/C9H12BNO3/c1-5(9(10)14)6(2)11-7(12)3-4-8(11)13/h3-6H,10H2,1-2H3. The summed E-state index contributed by atoms with van der Waals surface area (Å²) >= 11 is 0. The van der Waals surface area contributed by atoms with Crippen LogP contribution in [0.4, 0.5) is 0 Å². The molecular weight excluding hydrogens is 181 g/mol. The zero-order valence-electron chi connectivity index (χ0n) is 8.48. The Morgan fingerprint density at radius 1 is 1.29 bits per heavy atom. The molecule has 0 aromatic carbocycles. The Balaban J connectivity index is 2.80. The van der Waals surface area contributed by atoms with Gasteiger partial charge in [-0.25, -0.2) is 0 Å². The maximum Gasteiger partial charge on any atom is 0.253 e. The van der Waals surface area contributed by atoms with Crippen LogP contribution in [0.2, 0.25) is 0 Å². The molecule has 0 aliphatic carbocycles. The predicted octanol–water partition coefficient (Wildman–Crippen LogP) is -0.904. The molecule has 74 valence electrons. The van der Waals surface area contributed by atoms with Crippen molar-refractivity contribution in [2.45, 2.75) is 19.9 Å². The van der Waals surface area contributed by atoms with Gasteiger partial charge in [0.15, 0.2) is 7.85 Å². The summed E-state index contributed by atoms with van der Waals surface area (Å²) in [6.45, 7) is 3.42. The van der Waals surface area contributed by atoms with Crippen LogP contribution < -0.4 is 0 Å². The molecule has 1 rings (SSSR count). The van der Waals surface area contributed by atoms with E-state index in [2.05, 4.69) is 0 Å². The molecule has 1 aliphatic heterocycles. The number of amides is 2. The molecule has 14 heavy (non-hydrogen) atoms. The number of hydrogen-bond donors (Lipinski definition) is 0. The van der Waals surface area contributed by atoms with Crippen LogP contribution in [0.15, 0.2) is 12.2 Å². The van der Waals surface area contributed by atoms with Crippen molar-refractivity contribution in [2.24, 2.45) is 5.92 Å². The summed E-state index contributed by atoms with van der Waals surface area (Å²) in [6.07, 6.45) is 2.46. The summed E-state index contributed by atoms with van der Waals surface area (Å²) in [7, 11) is 1.46. The highest BCUT2D eigenvalue weighted by molar-refractivity contribution is 6.58. The molecule has 0 aromatic heterocycles. The first-order valence-electron chi connectivity index (χ1n) is 4.51. The molecule has 0 N–H and O–H groups in total. The fraction of sp³-hybridized carbons (Fsp3) is 0.444. The van der Waals surface area contributed by atoms with Crippen LogP contribution in [0, 0.1) is 5.92 Å². The van der Waals surface area contributed by atoms with Gasteiger partial charge in [0.2, 0.25) is 0 Å². The van der Waals surface area contributed by atoms with Crippen molar-refractivity contribution in [1.29, 1.82) is 0 Å². The third-order valence-electron chi connectivity index (χ3n) is 2.62. The molecule has 2 atom stereocenters. The van der Waals surface area contributed by atoms with Gasteiger partial charge in [0, 0.05) is 24.1 Å². The van der Waals surface area contributed by atoms with Gasteiger partial charge in [0.05, 0.1) is 5.68 Å². The predicted molar refractivity (Wildman–Crippen MR) is 53.2 cm³/mol. The van der Waals surface area contributed by atoms with Crippen LogP contribution in [-0.4, -0.2) is 36.3 Å². The molecule has 0 aromatic rings. The Morgan fingerprint density at radius 3 is 2.07 bits per heavy atom. The second-order valence-electron chi connectivity index (χ2n) is 3.52. The lowest BCUT2D eigenvalue weighted by atomic mass is 9.85. The average molecular weight is 193 g/mol. The molecule has 1 aliphatic rings. The summed E-state index contributed by atoms with van der Waals surface area (Å²) in [4.78, 5) is 34.7. The van der Waals surface area contributed by atoms with E-state index in [0.717, 1.165) is 4.90 Å². The van der Waals surface area contributed by atoms with E-state index in [1.807, 2.05) is 0 Å². The van der Waals surface area contributed by atoms with E-state index >= 15 is 0 Å².